The molecule has 0 aliphatic carbocycles. The maximum absolute atomic E-state index is 11.8. The highest BCUT2D eigenvalue weighted by molar-refractivity contribution is 5.92. The van der Waals surface area contributed by atoms with Gasteiger partial charge in [-0.15, -0.1) is 0 Å². The van der Waals surface area contributed by atoms with Crippen LogP contribution in [-0.2, 0) is 11.2 Å². The average molecular weight is 244 g/mol. The molecule has 1 aromatic carbocycles. The molecule has 4 heteroatoms. The first-order valence-corrected chi connectivity index (χ1v) is 5.75. The van der Waals surface area contributed by atoms with Crippen molar-refractivity contribution in [2.45, 2.75) is 6.42 Å². The minimum absolute atomic E-state index is 0.0825. The monoisotopic (exact) mass is 244 g/mol. The quantitative estimate of drug-likeness (QED) is 0.899. The van der Waals surface area contributed by atoms with Crippen LogP contribution in [0.4, 0.5) is 11.4 Å². The van der Waals surface area contributed by atoms with Crippen LogP contribution in [0.2, 0.25) is 0 Å². The summed E-state index contributed by atoms with van der Waals surface area (Å²) in [4.78, 5) is 13.8. The van der Waals surface area contributed by atoms with Crippen LogP contribution in [-0.4, -0.2) is 20.0 Å². The number of anilines is 2. The summed E-state index contributed by atoms with van der Waals surface area (Å²) in [5.74, 6) is 0.581. The van der Waals surface area contributed by atoms with Crippen molar-refractivity contribution in [1.82, 2.24) is 0 Å². The van der Waals surface area contributed by atoms with Crippen molar-refractivity contribution >= 4 is 17.3 Å². The fourth-order valence-corrected chi connectivity index (χ4v) is 1.64. The molecule has 4 nitrogen and oxygen atoms in total. The summed E-state index contributed by atoms with van der Waals surface area (Å²) in [6.45, 7) is 0. The lowest BCUT2D eigenvalue weighted by Gasteiger charge is -2.13. The second-order valence-corrected chi connectivity index (χ2v) is 4.25. The lowest BCUT2D eigenvalue weighted by molar-refractivity contribution is -0.115. The van der Waals surface area contributed by atoms with Crippen LogP contribution in [0.3, 0.4) is 0 Å². The van der Waals surface area contributed by atoms with E-state index in [-0.39, 0.29) is 12.3 Å². The molecule has 0 aliphatic heterocycles. The summed E-state index contributed by atoms with van der Waals surface area (Å²) in [6, 6.07) is 11.3. The van der Waals surface area contributed by atoms with Crippen LogP contribution in [0, 0.1) is 0 Å². The van der Waals surface area contributed by atoms with Gasteiger partial charge in [0.2, 0.25) is 5.91 Å². The Morgan fingerprint density at radius 3 is 2.78 bits per heavy atom. The van der Waals surface area contributed by atoms with E-state index >= 15 is 0 Å². The highest BCUT2D eigenvalue weighted by Crippen LogP contribution is 2.17. The molecular formula is C14H16N2O2. The molecule has 0 saturated carbocycles. The van der Waals surface area contributed by atoms with E-state index in [4.69, 9.17) is 4.42 Å². The van der Waals surface area contributed by atoms with Crippen molar-refractivity contribution in [1.29, 1.82) is 0 Å². The minimum Gasteiger partial charge on any atom is -0.469 e. The Morgan fingerprint density at radius 2 is 2.11 bits per heavy atom. The van der Waals surface area contributed by atoms with Crippen LogP contribution < -0.4 is 10.2 Å². The van der Waals surface area contributed by atoms with Gasteiger partial charge in [-0.25, -0.2) is 0 Å². The Kier molecular flexibility index (Phi) is 3.67. The molecule has 1 amide bonds. The molecule has 2 aromatic rings. The number of nitrogens with zero attached hydrogens (tertiary/aromatic N) is 1. The molecule has 0 radical (unpaired) electrons. The highest BCUT2D eigenvalue weighted by atomic mass is 16.3. The molecule has 0 unspecified atom stereocenters. The first-order chi connectivity index (χ1) is 8.65. The third-order valence-electron chi connectivity index (χ3n) is 2.56. The normalized spacial score (nSPS) is 10.1. The van der Waals surface area contributed by atoms with Crippen LogP contribution in [0.15, 0.2) is 47.1 Å². The zero-order valence-electron chi connectivity index (χ0n) is 10.5. The Balaban J connectivity index is 2.00. The molecule has 0 aliphatic rings. The first kappa shape index (κ1) is 12.2. The molecule has 18 heavy (non-hydrogen) atoms. The molecule has 0 fully saturated rings. The van der Waals surface area contributed by atoms with Gasteiger partial charge in [0.15, 0.2) is 0 Å². The summed E-state index contributed by atoms with van der Waals surface area (Å²) in [5.41, 5.74) is 1.84. The van der Waals surface area contributed by atoms with Crippen LogP contribution in [0.5, 0.6) is 0 Å². The number of furan rings is 1. The third kappa shape index (κ3) is 3.13. The van der Waals surface area contributed by atoms with Crippen molar-refractivity contribution < 1.29 is 9.21 Å². The van der Waals surface area contributed by atoms with E-state index in [1.165, 1.54) is 0 Å². The van der Waals surface area contributed by atoms with Crippen molar-refractivity contribution in [3.05, 3.63) is 48.4 Å². The fourth-order valence-electron chi connectivity index (χ4n) is 1.64. The Bertz CT molecular complexity index is 518. The van der Waals surface area contributed by atoms with Gasteiger partial charge in [0.05, 0.1) is 12.7 Å². The number of amides is 1. The number of benzene rings is 1. The summed E-state index contributed by atoms with van der Waals surface area (Å²) < 4.78 is 5.13. The molecular weight excluding hydrogens is 228 g/mol. The van der Waals surface area contributed by atoms with E-state index < -0.39 is 0 Å². The summed E-state index contributed by atoms with van der Waals surface area (Å²) in [7, 11) is 3.92. The predicted molar refractivity (Wildman–Crippen MR) is 71.8 cm³/mol. The van der Waals surface area contributed by atoms with Gasteiger partial charge >= 0.3 is 0 Å². The molecule has 0 saturated heterocycles. The number of hydrogen-bond acceptors (Lipinski definition) is 3. The van der Waals surface area contributed by atoms with E-state index in [2.05, 4.69) is 5.32 Å². The average Bonchev–Trinajstić information content (AvgIpc) is 2.82. The van der Waals surface area contributed by atoms with Gasteiger partial charge in [-0.05, 0) is 30.3 Å². The molecule has 2 rings (SSSR count). The zero-order valence-corrected chi connectivity index (χ0v) is 10.5. The smallest absolute Gasteiger partial charge is 0.231 e. The SMILES string of the molecule is CN(C)c1cccc(NC(=O)Cc2ccco2)c1. The number of hydrogen-bond donors (Lipinski definition) is 1. The van der Waals surface area contributed by atoms with Crippen molar-refractivity contribution in [2.24, 2.45) is 0 Å². The van der Waals surface area contributed by atoms with E-state index in [0.29, 0.717) is 5.76 Å². The van der Waals surface area contributed by atoms with Gasteiger partial charge in [-0.3, -0.25) is 4.79 Å². The van der Waals surface area contributed by atoms with Gasteiger partial charge in [0, 0.05) is 25.5 Å². The standard InChI is InChI=1S/C14H16N2O2/c1-16(2)12-6-3-5-11(9-12)15-14(17)10-13-7-4-8-18-13/h3-9H,10H2,1-2H3,(H,15,17). The van der Waals surface area contributed by atoms with Crippen molar-refractivity contribution in [3.8, 4) is 0 Å². The largest absolute Gasteiger partial charge is 0.469 e. The van der Waals surface area contributed by atoms with Crippen LogP contribution >= 0.6 is 0 Å². The molecule has 1 aromatic heterocycles. The van der Waals surface area contributed by atoms with Crippen molar-refractivity contribution in [2.75, 3.05) is 24.3 Å². The highest BCUT2D eigenvalue weighted by Gasteiger charge is 2.06. The molecule has 0 spiro atoms. The lowest BCUT2D eigenvalue weighted by Crippen LogP contribution is -2.15. The number of nitrogens with one attached hydrogen (secondary N) is 1. The second kappa shape index (κ2) is 5.40. The van der Waals surface area contributed by atoms with E-state index in [1.807, 2.05) is 43.3 Å². The maximum Gasteiger partial charge on any atom is 0.231 e. The minimum atomic E-state index is -0.0825. The molecule has 1 heterocycles. The number of carbonyl (C=O) groups excluding carboxylic acids is 1. The van der Waals surface area contributed by atoms with Crippen molar-refractivity contribution in [3.63, 3.8) is 0 Å². The van der Waals surface area contributed by atoms with E-state index in [9.17, 15) is 4.79 Å². The zero-order chi connectivity index (χ0) is 13.0. The second-order valence-electron chi connectivity index (χ2n) is 4.25. The first-order valence-electron chi connectivity index (χ1n) is 5.75. The van der Waals surface area contributed by atoms with Crippen LogP contribution in [0.1, 0.15) is 5.76 Å². The predicted octanol–water partition coefficient (Wildman–Crippen LogP) is 2.53. The molecule has 94 valence electrons. The van der Waals surface area contributed by atoms with Crippen LogP contribution in [0.25, 0.3) is 0 Å². The molecule has 0 bridgehead atoms. The Hall–Kier alpha value is -2.23. The Labute approximate surface area is 106 Å². The summed E-state index contributed by atoms with van der Waals surface area (Å²) in [5, 5.41) is 2.85. The third-order valence-corrected chi connectivity index (χ3v) is 2.56. The number of carbonyl (C=O) groups is 1. The van der Waals surface area contributed by atoms with E-state index in [0.717, 1.165) is 11.4 Å². The van der Waals surface area contributed by atoms with Gasteiger partial charge in [-0.1, -0.05) is 6.07 Å². The lowest BCUT2D eigenvalue weighted by atomic mass is 10.2. The Morgan fingerprint density at radius 1 is 1.28 bits per heavy atom. The van der Waals surface area contributed by atoms with Gasteiger partial charge < -0.3 is 14.6 Å². The van der Waals surface area contributed by atoms with E-state index in [1.54, 1.807) is 18.4 Å². The fraction of sp³-hybridized carbons (Fsp3) is 0.214. The number of rotatable bonds is 4. The topological polar surface area (TPSA) is 45.5 Å². The summed E-state index contributed by atoms with van der Waals surface area (Å²) >= 11 is 0. The molecule has 0 atom stereocenters. The molecule has 1 N–H and O–H groups in total. The maximum atomic E-state index is 11.8. The van der Waals surface area contributed by atoms with Gasteiger partial charge in [-0.2, -0.15) is 0 Å². The van der Waals surface area contributed by atoms with Gasteiger partial charge in [0.25, 0.3) is 0 Å². The van der Waals surface area contributed by atoms with Gasteiger partial charge in [0.1, 0.15) is 5.76 Å². The summed E-state index contributed by atoms with van der Waals surface area (Å²) in [6.07, 6.45) is 1.81.